The van der Waals surface area contributed by atoms with Crippen LogP contribution in [0.4, 0.5) is 0 Å². The molecule has 0 aliphatic carbocycles. The fraction of sp³-hybridized carbons (Fsp3) is 0.933. The summed E-state index contributed by atoms with van der Waals surface area (Å²) in [6.45, 7) is 11.0. The molecule has 0 saturated carbocycles. The molecule has 0 radical (unpaired) electrons. The third kappa shape index (κ3) is 5.38. The van der Waals surface area contributed by atoms with E-state index in [1.54, 1.807) is 0 Å². The Morgan fingerprint density at radius 2 is 1.80 bits per heavy atom. The molecule has 0 unspecified atom stereocenters. The molecule has 1 N–H and O–H groups in total. The van der Waals surface area contributed by atoms with Crippen molar-refractivity contribution in [3.05, 3.63) is 0 Å². The van der Waals surface area contributed by atoms with Gasteiger partial charge in [-0.15, -0.1) is 0 Å². The van der Waals surface area contributed by atoms with Crippen LogP contribution in [0, 0.1) is 0 Å². The maximum Gasteiger partial charge on any atom is 0.237 e. The van der Waals surface area contributed by atoms with Crippen LogP contribution in [0.2, 0.25) is 0 Å². The highest BCUT2D eigenvalue weighted by Gasteiger charge is 2.25. The zero-order valence-corrected chi connectivity index (χ0v) is 13.3. The molecule has 0 bridgehead atoms. The first-order valence-electron chi connectivity index (χ1n) is 7.71. The molecule has 1 saturated heterocycles. The summed E-state index contributed by atoms with van der Waals surface area (Å²) in [6.07, 6.45) is 2.12. The molecule has 1 aliphatic rings. The first-order valence-corrected chi connectivity index (χ1v) is 7.71. The Kier molecular flexibility index (Phi) is 7.48. The molecule has 20 heavy (non-hydrogen) atoms. The summed E-state index contributed by atoms with van der Waals surface area (Å²) in [5.74, 6) is 0.213. The molecular weight excluding hydrogens is 256 g/mol. The average molecular weight is 286 g/mol. The van der Waals surface area contributed by atoms with Gasteiger partial charge in [0.15, 0.2) is 0 Å². The van der Waals surface area contributed by atoms with Gasteiger partial charge in [0.2, 0.25) is 5.91 Å². The number of rotatable bonds is 7. The Bertz CT molecular complexity index is 279. The van der Waals surface area contributed by atoms with Crippen LogP contribution in [0.3, 0.4) is 0 Å². The van der Waals surface area contributed by atoms with E-state index in [1.807, 2.05) is 4.90 Å². The zero-order chi connectivity index (χ0) is 15.1. The molecule has 1 rings (SSSR count). The largest absolute Gasteiger partial charge is 0.394 e. The Labute approximate surface area is 122 Å². The second kappa shape index (κ2) is 8.60. The molecule has 0 aromatic heterocycles. The Balaban J connectivity index is 2.37. The van der Waals surface area contributed by atoms with E-state index in [1.165, 1.54) is 0 Å². The van der Waals surface area contributed by atoms with Crippen LogP contribution < -0.4 is 0 Å². The normalized spacial score (nSPS) is 17.9. The summed E-state index contributed by atoms with van der Waals surface area (Å²) < 4.78 is 5.54. The van der Waals surface area contributed by atoms with Gasteiger partial charge in [0, 0.05) is 25.2 Å². The zero-order valence-electron chi connectivity index (χ0n) is 13.3. The smallest absolute Gasteiger partial charge is 0.237 e. The van der Waals surface area contributed by atoms with Crippen molar-refractivity contribution in [2.24, 2.45) is 0 Å². The minimum Gasteiger partial charge on any atom is -0.394 e. The van der Waals surface area contributed by atoms with E-state index < -0.39 is 0 Å². The van der Waals surface area contributed by atoms with Crippen molar-refractivity contribution in [2.45, 2.75) is 58.7 Å². The Morgan fingerprint density at radius 1 is 1.25 bits per heavy atom. The number of aliphatic hydroxyl groups excluding tert-OH is 1. The van der Waals surface area contributed by atoms with Crippen molar-refractivity contribution >= 4 is 5.91 Å². The molecule has 5 nitrogen and oxygen atoms in total. The predicted octanol–water partition coefficient (Wildman–Crippen LogP) is 1.11. The molecule has 0 aromatic rings. The fourth-order valence-corrected chi connectivity index (χ4v) is 2.90. The molecule has 1 fully saturated rings. The molecule has 5 heteroatoms. The van der Waals surface area contributed by atoms with E-state index in [2.05, 4.69) is 32.6 Å². The van der Waals surface area contributed by atoms with Crippen molar-refractivity contribution in [1.82, 2.24) is 9.80 Å². The Morgan fingerprint density at radius 3 is 2.25 bits per heavy atom. The van der Waals surface area contributed by atoms with Gasteiger partial charge < -0.3 is 14.7 Å². The minimum absolute atomic E-state index is 0.0798. The van der Waals surface area contributed by atoms with Gasteiger partial charge in [-0.1, -0.05) is 0 Å². The van der Waals surface area contributed by atoms with Gasteiger partial charge in [0.05, 0.1) is 25.9 Å². The topological polar surface area (TPSA) is 53.0 Å². The number of hydrogen-bond donors (Lipinski definition) is 1. The molecule has 118 valence electrons. The fourth-order valence-electron chi connectivity index (χ4n) is 2.90. The van der Waals surface area contributed by atoms with Gasteiger partial charge in [0.25, 0.3) is 0 Å². The molecule has 0 spiro atoms. The number of piperidine rings is 1. The third-order valence-corrected chi connectivity index (χ3v) is 3.74. The van der Waals surface area contributed by atoms with Crippen LogP contribution in [0.15, 0.2) is 0 Å². The van der Waals surface area contributed by atoms with E-state index in [9.17, 15) is 4.79 Å². The maximum atomic E-state index is 12.4. The lowest BCUT2D eigenvalue weighted by Crippen LogP contribution is -2.49. The van der Waals surface area contributed by atoms with Gasteiger partial charge in [-0.25, -0.2) is 0 Å². The number of nitrogens with zero attached hydrogens (tertiary/aromatic N) is 2. The van der Waals surface area contributed by atoms with Crippen LogP contribution in [0.1, 0.15) is 40.5 Å². The number of aliphatic hydroxyl groups is 1. The summed E-state index contributed by atoms with van der Waals surface area (Å²) in [4.78, 5) is 16.5. The molecule has 0 atom stereocenters. The number of hydrogen-bond acceptors (Lipinski definition) is 4. The van der Waals surface area contributed by atoms with Crippen molar-refractivity contribution in [1.29, 1.82) is 0 Å². The summed E-state index contributed by atoms with van der Waals surface area (Å²) >= 11 is 0. The van der Waals surface area contributed by atoms with Gasteiger partial charge in [0.1, 0.15) is 0 Å². The van der Waals surface area contributed by atoms with Gasteiger partial charge in [-0.05, 0) is 40.5 Å². The molecule has 1 heterocycles. The van der Waals surface area contributed by atoms with Crippen molar-refractivity contribution < 1.29 is 14.6 Å². The second-order valence-electron chi connectivity index (χ2n) is 6.06. The number of likely N-dealkylation sites (tertiary alicyclic amines) is 1. The number of ether oxygens (including phenoxy) is 1. The standard InChI is InChI=1S/C15H30N2O3/c1-12(2)17(13(3)4)15(19)11-16-7-5-14(6-8-16)20-10-9-18/h12-14,18H,5-11H2,1-4H3. The van der Waals surface area contributed by atoms with Crippen LogP contribution >= 0.6 is 0 Å². The summed E-state index contributed by atoms with van der Waals surface area (Å²) in [5.41, 5.74) is 0. The Hall–Kier alpha value is -0.650. The van der Waals surface area contributed by atoms with E-state index in [0.717, 1.165) is 25.9 Å². The quantitative estimate of drug-likeness (QED) is 0.761. The van der Waals surface area contributed by atoms with Crippen LogP contribution in [-0.2, 0) is 9.53 Å². The molecule has 1 aliphatic heterocycles. The average Bonchev–Trinajstić information content (AvgIpc) is 2.37. The molecule has 1 amide bonds. The summed E-state index contributed by atoms with van der Waals surface area (Å²) in [5, 5.41) is 8.75. The number of carbonyl (C=O) groups excluding carboxylic acids is 1. The van der Waals surface area contributed by atoms with E-state index in [0.29, 0.717) is 13.2 Å². The highest BCUT2D eigenvalue weighted by molar-refractivity contribution is 5.78. The van der Waals surface area contributed by atoms with Crippen LogP contribution in [0.5, 0.6) is 0 Å². The van der Waals surface area contributed by atoms with Crippen LogP contribution in [-0.4, -0.2) is 71.8 Å². The van der Waals surface area contributed by atoms with Crippen LogP contribution in [0.25, 0.3) is 0 Å². The number of amides is 1. The SMILES string of the molecule is CC(C)N(C(=O)CN1CCC(OCCO)CC1)C(C)C. The number of carbonyl (C=O) groups is 1. The summed E-state index contributed by atoms with van der Waals surface area (Å²) in [6, 6.07) is 0.487. The lowest BCUT2D eigenvalue weighted by Gasteiger charge is -2.35. The van der Waals surface area contributed by atoms with E-state index in [-0.39, 0.29) is 30.7 Å². The monoisotopic (exact) mass is 286 g/mol. The van der Waals surface area contributed by atoms with Gasteiger partial charge >= 0.3 is 0 Å². The van der Waals surface area contributed by atoms with Crippen molar-refractivity contribution in [2.75, 3.05) is 32.8 Å². The van der Waals surface area contributed by atoms with Crippen molar-refractivity contribution in [3.8, 4) is 0 Å². The highest BCUT2D eigenvalue weighted by atomic mass is 16.5. The summed E-state index contributed by atoms with van der Waals surface area (Å²) in [7, 11) is 0. The minimum atomic E-state index is 0.0798. The highest BCUT2D eigenvalue weighted by Crippen LogP contribution is 2.14. The molecule has 0 aromatic carbocycles. The predicted molar refractivity (Wildman–Crippen MR) is 79.6 cm³/mol. The first-order chi connectivity index (χ1) is 9.45. The van der Waals surface area contributed by atoms with Gasteiger partial charge in [-0.2, -0.15) is 0 Å². The van der Waals surface area contributed by atoms with E-state index >= 15 is 0 Å². The van der Waals surface area contributed by atoms with E-state index in [4.69, 9.17) is 9.84 Å². The molecular formula is C15H30N2O3. The lowest BCUT2D eigenvalue weighted by atomic mass is 10.1. The van der Waals surface area contributed by atoms with Gasteiger partial charge in [-0.3, -0.25) is 9.69 Å². The third-order valence-electron chi connectivity index (χ3n) is 3.74. The van der Waals surface area contributed by atoms with Crippen molar-refractivity contribution in [3.63, 3.8) is 0 Å². The lowest BCUT2D eigenvalue weighted by molar-refractivity contribution is -0.136. The second-order valence-corrected chi connectivity index (χ2v) is 6.06. The maximum absolute atomic E-state index is 12.4. The first kappa shape index (κ1) is 17.4.